The Kier molecular flexibility index (Phi) is 12.8. The minimum Gasteiger partial charge on any atom is -0.449 e. The number of benzene rings is 2. The third-order valence-electron chi connectivity index (χ3n) is 9.89. The molecule has 2 fully saturated rings. The van der Waals surface area contributed by atoms with Gasteiger partial charge in [-0.3, -0.25) is 14.5 Å². The lowest BCUT2D eigenvalue weighted by Gasteiger charge is -2.47. The van der Waals surface area contributed by atoms with Gasteiger partial charge >= 0.3 is 29.2 Å². The number of rotatable bonds is 12. The molecule has 4 heterocycles. The van der Waals surface area contributed by atoms with Crippen molar-refractivity contribution < 1.29 is 54.9 Å². The highest BCUT2D eigenvalue weighted by molar-refractivity contribution is 7.16. The predicted octanol–water partition coefficient (Wildman–Crippen LogP) is 6.73. The van der Waals surface area contributed by atoms with Crippen LogP contribution >= 0.6 is 22.7 Å². The molecule has 1 spiro atoms. The quantitative estimate of drug-likeness (QED) is 0.0691. The lowest BCUT2D eigenvalue weighted by molar-refractivity contribution is -0.205. The normalized spacial score (nSPS) is 17.0. The van der Waals surface area contributed by atoms with E-state index < -0.39 is 46.6 Å². The van der Waals surface area contributed by atoms with E-state index in [1.54, 1.807) is 11.3 Å². The molecule has 2 N–H and O–H groups in total. The van der Waals surface area contributed by atoms with Gasteiger partial charge in [0.1, 0.15) is 11.6 Å². The number of amides is 1. The van der Waals surface area contributed by atoms with Crippen molar-refractivity contribution in [1.29, 1.82) is 0 Å². The molecule has 2 aromatic carbocycles. The number of fused-ring (bicyclic) bond motifs is 1. The Labute approximate surface area is 330 Å². The number of esters is 2. The fraction of sp³-hybridized carbons (Fsp3) is 0.474. The van der Waals surface area contributed by atoms with Crippen molar-refractivity contribution in [3.63, 3.8) is 0 Å². The number of carbonyl (C=O) groups excluding carboxylic acids is 3. The van der Waals surface area contributed by atoms with Crippen LogP contribution in [0.15, 0.2) is 52.6 Å². The highest BCUT2D eigenvalue weighted by atomic mass is 32.1. The standard InChI is InChI=1S/C38H40F6N4O7S2/c1-22(2)29-17-25(20-56-29)32(49)48-14-15-53-36(21-48)9-12-47(13-10-36)19-24-5-3-4-23(16-24)8-11-45-18-28(55-34(51)38(42,43)44)26-6-7-27(54-33(50)37(39,40)41)30-31(26)57-35(52)46-30/h3-7,16-17,20,22,28,45H,8-15,18-19,21H2,1-2H3,(H,46,52)/t28-/m0/s1. The second-order valence-corrected chi connectivity index (χ2v) is 16.3. The molecule has 0 aliphatic carbocycles. The van der Waals surface area contributed by atoms with Gasteiger partial charge < -0.3 is 29.4 Å². The lowest BCUT2D eigenvalue weighted by atomic mass is 9.89. The molecule has 11 nitrogen and oxygen atoms in total. The van der Waals surface area contributed by atoms with Gasteiger partial charge in [0, 0.05) is 48.5 Å². The van der Waals surface area contributed by atoms with Gasteiger partial charge in [-0.2, -0.15) is 26.3 Å². The average Bonchev–Trinajstić information content (AvgIpc) is 3.81. The zero-order chi connectivity index (χ0) is 41.1. The van der Waals surface area contributed by atoms with Gasteiger partial charge in [-0.1, -0.05) is 49.4 Å². The third kappa shape index (κ3) is 10.4. The average molecular weight is 843 g/mol. The van der Waals surface area contributed by atoms with Crippen LogP contribution in [0.2, 0.25) is 0 Å². The fourth-order valence-corrected chi connectivity index (χ4v) is 8.74. The number of nitrogens with one attached hydrogen (secondary N) is 2. The van der Waals surface area contributed by atoms with Crippen LogP contribution in [0.25, 0.3) is 10.2 Å². The first-order chi connectivity index (χ1) is 26.9. The number of hydrogen-bond donors (Lipinski definition) is 2. The van der Waals surface area contributed by atoms with Gasteiger partial charge in [0.25, 0.3) is 5.91 Å². The first-order valence-corrected chi connectivity index (χ1v) is 19.9. The van der Waals surface area contributed by atoms with E-state index in [0.29, 0.717) is 49.9 Å². The highest BCUT2D eigenvalue weighted by Crippen LogP contribution is 2.36. The Balaban J connectivity index is 1.04. The van der Waals surface area contributed by atoms with Crippen molar-refractivity contribution in [2.24, 2.45) is 0 Å². The number of likely N-dealkylation sites (tertiary alicyclic amines) is 1. The van der Waals surface area contributed by atoms with Gasteiger partial charge in [-0.25, -0.2) is 9.59 Å². The molecule has 0 radical (unpaired) electrons. The van der Waals surface area contributed by atoms with Crippen LogP contribution in [-0.4, -0.2) is 96.5 Å². The number of thiazole rings is 1. The number of aromatic nitrogens is 1. The molecule has 0 bridgehead atoms. The van der Waals surface area contributed by atoms with E-state index in [2.05, 4.69) is 33.8 Å². The van der Waals surface area contributed by atoms with Gasteiger partial charge in [-0.05, 0) is 61.1 Å². The van der Waals surface area contributed by atoms with Crippen LogP contribution < -0.4 is 14.9 Å². The Morgan fingerprint density at radius 1 is 0.982 bits per heavy atom. The molecule has 2 saturated heterocycles. The number of hydrogen-bond acceptors (Lipinski definition) is 11. The fourth-order valence-electron chi connectivity index (χ4n) is 6.93. The first kappa shape index (κ1) is 42.3. The number of alkyl halides is 6. The van der Waals surface area contributed by atoms with Crippen LogP contribution in [-0.2, 0) is 32.0 Å². The summed E-state index contributed by atoms with van der Waals surface area (Å²) < 4.78 is 93.6. The second-order valence-electron chi connectivity index (χ2n) is 14.4. The number of thiophene rings is 1. The van der Waals surface area contributed by atoms with E-state index in [1.807, 2.05) is 40.6 Å². The minimum atomic E-state index is -5.36. The maximum atomic E-state index is 13.3. The summed E-state index contributed by atoms with van der Waals surface area (Å²) in [6.45, 7) is 7.91. The van der Waals surface area contributed by atoms with E-state index >= 15 is 0 Å². The Bertz CT molecular complexity index is 2140. The van der Waals surface area contributed by atoms with Crippen molar-refractivity contribution in [2.45, 2.75) is 69.6 Å². The summed E-state index contributed by atoms with van der Waals surface area (Å²) in [5.74, 6) is -5.35. The van der Waals surface area contributed by atoms with E-state index in [-0.39, 0.29) is 34.8 Å². The SMILES string of the molecule is CC(C)c1cc(C(=O)N2CCOC3(CCN(Cc4cccc(CCNC[C@H](OC(=O)C(F)(F)F)c5ccc(OC(=O)C(F)(F)F)c6[nH]c(=O)sc56)c4)CC3)C2)cs1. The summed E-state index contributed by atoms with van der Waals surface area (Å²) in [5, 5.41) is 4.91. The minimum absolute atomic E-state index is 0.0366. The number of aromatic amines is 1. The Morgan fingerprint density at radius 2 is 1.70 bits per heavy atom. The molecule has 0 saturated carbocycles. The molecule has 4 aromatic rings. The number of H-pyrrole nitrogens is 1. The number of carbonyl (C=O) groups is 3. The summed E-state index contributed by atoms with van der Waals surface area (Å²) in [4.78, 5) is 55.7. The molecule has 57 heavy (non-hydrogen) atoms. The van der Waals surface area contributed by atoms with Crippen LogP contribution in [0.1, 0.15) is 70.6 Å². The predicted molar refractivity (Wildman–Crippen MR) is 200 cm³/mol. The molecule has 6 rings (SSSR count). The van der Waals surface area contributed by atoms with E-state index in [1.165, 1.54) is 4.88 Å². The van der Waals surface area contributed by atoms with Crippen molar-refractivity contribution in [3.8, 4) is 5.75 Å². The number of nitrogens with zero attached hydrogens (tertiary/aromatic N) is 2. The Hall–Kier alpha value is -4.30. The van der Waals surface area contributed by atoms with Crippen LogP contribution in [0.4, 0.5) is 26.3 Å². The van der Waals surface area contributed by atoms with Crippen molar-refractivity contribution in [2.75, 3.05) is 45.9 Å². The smallest absolute Gasteiger partial charge is 0.449 e. The Morgan fingerprint density at radius 3 is 2.39 bits per heavy atom. The highest BCUT2D eigenvalue weighted by Gasteiger charge is 2.44. The molecule has 1 atom stereocenters. The molecular formula is C38H40F6N4O7S2. The zero-order valence-electron chi connectivity index (χ0n) is 30.9. The second kappa shape index (κ2) is 17.3. The molecule has 0 unspecified atom stereocenters. The van der Waals surface area contributed by atoms with Crippen molar-refractivity contribution in [1.82, 2.24) is 20.1 Å². The molecule has 308 valence electrons. The number of ether oxygens (including phenoxy) is 3. The van der Waals surface area contributed by atoms with Crippen LogP contribution in [0.5, 0.6) is 5.75 Å². The third-order valence-corrected chi connectivity index (χ3v) is 12.1. The van der Waals surface area contributed by atoms with Crippen molar-refractivity contribution in [3.05, 3.63) is 84.6 Å². The zero-order valence-corrected chi connectivity index (χ0v) is 32.5. The molecular weight excluding hydrogens is 803 g/mol. The van der Waals surface area contributed by atoms with Gasteiger partial charge in [0.15, 0.2) is 5.75 Å². The van der Waals surface area contributed by atoms with E-state index in [4.69, 9.17) is 9.47 Å². The molecule has 2 aliphatic rings. The van der Waals surface area contributed by atoms with Gasteiger partial charge in [0.2, 0.25) is 0 Å². The van der Waals surface area contributed by atoms with E-state index in [0.717, 1.165) is 54.8 Å². The van der Waals surface area contributed by atoms with Crippen LogP contribution in [0, 0.1) is 0 Å². The molecule has 19 heteroatoms. The van der Waals surface area contributed by atoms with Gasteiger partial charge in [0.05, 0.1) is 29.0 Å². The first-order valence-electron chi connectivity index (χ1n) is 18.2. The molecule has 2 aromatic heterocycles. The largest absolute Gasteiger partial charge is 0.491 e. The summed E-state index contributed by atoms with van der Waals surface area (Å²) in [5.41, 5.74) is 1.83. The monoisotopic (exact) mass is 842 g/mol. The topological polar surface area (TPSA) is 130 Å². The summed E-state index contributed by atoms with van der Waals surface area (Å²) >= 11 is 2.05. The van der Waals surface area contributed by atoms with Gasteiger partial charge in [-0.15, -0.1) is 11.3 Å². The van der Waals surface area contributed by atoms with Crippen molar-refractivity contribution >= 4 is 50.7 Å². The lowest BCUT2D eigenvalue weighted by Crippen LogP contribution is -2.57. The van der Waals surface area contributed by atoms with E-state index in [9.17, 15) is 45.5 Å². The molecule has 1 amide bonds. The number of halogens is 6. The maximum Gasteiger partial charge on any atom is 0.491 e. The summed E-state index contributed by atoms with van der Waals surface area (Å²) in [6.07, 6.45) is -10.3. The maximum absolute atomic E-state index is 13.3. The number of piperidine rings is 1. The summed E-state index contributed by atoms with van der Waals surface area (Å²) in [6, 6.07) is 11.7. The number of morpholine rings is 1. The summed E-state index contributed by atoms with van der Waals surface area (Å²) in [7, 11) is 0. The van der Waals surface area contributed by atoms with Crippen LogP contribution in [0.3, 0.4) is 0 Å². The molecule has 2 aliphatic heterocycles.